The molecule has 12 nitrogen and oxygen atoms in total. The van der Waals surface area contributed by atoms with Crippen molar-refractivity contribution in [2.75, 3.05) is 45.8 Å². The lowest BCUT2D eigenvalue weighted by Crippen LogP contribution is -2.54. The summed E-state index contributed by atoms with van der Waals surface area (Å²) in [5, 5.41) is 0. The molecule has 5 rings (SSSR count). The maximum atomic E-state index is 14.8. The number of rotatable bonds is 13. The van der Waals surface area contributed by atoms with Crippen molar-refractivity contribution in [2.45, 2.75) is 92.3 Å². The number of hydrogen-bond acceptors (Lipinski definition) is 8. The number of benzene rings is 4. The van der Waals surface area contributed by atoms with Gasteiger partial charge in [-0.15, -0.1) is 0 Å². The van der Waals surface area contributed by atoms with E-state index >= 15 is 0 Å². The first-order valence-electron chi connectivity index (χ1n) is 19.7. The Balaban J connectivity index is 1.69. The second-order valence-electron chi connectivity index (χ2n) is 15.0. The molecule has 0 N–H and O–H groups in total. The van der Waals surface area contributed by atoms with Gasteiger partial charge in [-0.05, 0) is 82.6 Å². The van der Waals surface area contributed by atoms with E-state index in [1.807, 2.05) is 27.7 Å². The predicted octanol–water partition coefficient (Wildman–Crippen LogP) is 6.34. The summed E-state index contributed by atoms with van der Waals surface area (Å²) in [6, 6.07) is 24.4. The van der Waals surface area contributed by atoms with Crippen LogP contribution in [0.2, 0.25) is 0 Å². The van der Waals surface area contributed by atoms with Gasteiger partial charge in [0, 0.05) is 51.9 Å². The summed E-state index contributed by atoms with van der Waals surface area (Å²) in [6.07, 6.45) is 3.43. The first-order chi connectivity index (χ1) is 27.4. The van der Waals surface area contributed by atoms with Crippen molar-refractivity contribution in [3.63, 3.8) is 0 Å². The molecule has 1 aliphatic rings. The van der Waals surface area contributed by atoms with Crippen molar-refractivity contribution in [3.05, 3.63) is 119 Å². The lowest BCUT2D eigenvalue weighted by molar-refractivity contribution is 0.216. The highest BCUT2D eigenvalue weighted by Crippen LogP contribution is 2.28. The molecular formula is C42H56N4O8S4. The van der Waals surface area contributed by atoms with Crippen LogP contribution in [0.15, 0.2) is 117 Å². The lowest BCUT2D eigenvalue weighted by Gasteiger charge is -2.37. The average Bonchev–Trinajstić information content (AvgIpc) is 3.17. The predicted molar refractivity (Wildman–Crippen MR) is 227 cm³/mol. The fourth-order valence-corrected chi connectivity index (χ4v) is 12.9. The zero-order chi connectivity index (χ0) is 42.3. The van der Waals surface area contributed by atoms with Gasteiger partial charge in [0.05, 0.1) is 19.6 Å². The SMILES string of the molecule is CCCCCCC1CN(S(=O)(=O)c2ccc(C)cc2)CCN(S(=O)(=O)c2ccc(C)cc2)CCN(S(=O)(=O)c2ccc(C)cc2)CCN1S(=O)(=O)c1ccc(C)cc1. The number of unbranched alkanes of at least 4 members (excludes halogenated alkanes) is 3. The fourth-order valence-electron chi connectivity index (χ4n) is 6.96. The molecule has 0 aromatic heterocycles. The molecule has 0 bridgehead atoms. The van der Waals surface area contributed by atoms with Crippen LogP contribution in [0.3, 0.4) is 0 Å². The highest BCUT2D eigenvalue weighted by Gasteiger charge is 2.39. The summed E-state index contributed by atoms with van der Waals surface area (Å²) in [5.41, 5.74) is 3.37. The Kier molecular flexibility index (Phi) is 15.2. The maximum absolute atomic E-state index is 14.8. The molecule has 1 fully saturated rings. The highest BCUT2D eigenvalue weighted by molar-refractivity contribution is 7.90. The second-order valence-corrected chi connectivity index (χ2v) is 22.7. The van der Waals surface area contributed by atoms with E-state index in [1.54, 1.807) is 48.5 Å². The van der Waals surface area contributed by atoms with Crippen molar-refractivity contribution in [3.8, 4) is 0 Å². The van der Waals surface area contributed by atoms with Gasteiger partial charge in [-0.1, -0.05) is 103 Å². The number of sulfonamides is 4. The molecule has 0 saturated carbocycles. The van der Waals surface area contributed by atoms with Crippen molar-refractivity contribution in [1.82, 2.24) is 17.2 Å². The zero-order valence-electron chi connectivity index (χ0n) is 34.0. The summed E-state index contributed by atoms with van der Waals surface area (Å²) in [4.78, 5) is -0.0426. The number of nitrogens with zero attached hydrogens (tertiary/aromatic N) is 4. The molecule has 16 heteroatoms. The Morgan fingerprint density at radius 2 is 0.724 bits per heavy atom. The largest absolute Gasteiger partial charge is 0.243 e. The van der Waals surface area contributed by atoms with E-state index in [9.17, 15) is 33.7 Å². The molecule has 0 spiro atoms. The van der Waals surface area contributed by atoms with Gasteiger partial charge in [0.25, 0.3) is 0 Å². The van der Waals surface area contributed by atoms with Gasteiger partial charge in [-0.2, -0.15) is 17.2 Å². The Morgan fingerprint density at radius 1 is 0.414 bits per heavy atom. The van der Waals surface area contributed by atoms with Crippen LogP contribution in [-0.2, 0) is 40.1 Å². The topological polar surface area (TPSA) is 150 Å². The molecule has 1 atom stereocenters. The van der Waals surface area contributed by atoms with E-state index in [-0.39, 0.29) is 71.8 Å². The number of hydrogen-bond donors (Lipinski definition) is 0. The average molecular weight is 873 g/mol. The molecule has 1 aliphatic heterocycles. The minimum absolute atomic E-state index is 0.00000201. The van der Waals surface area contributed by atoms with E-state index in [0.29, 0.717) is 6.42 Å². The Labute approximate surface area is 346 Å². The normalized spacial score (nSPS) is 18.1. The summed E-state index contributed by atoms with van der Waals surface area (Å²) in [6.45, 7) is 7.15. The molecule has 0 amide bonds. The lowest BCUT2D eigenvalue weighted by atomic mass is 10.1. The van der Waals surface area contributed by atoms with Crippen molar-refractivity contribution >= 4 is 40.1 Å². The van der Waals surface area contributed by atoms with Crippen LogP contribution >= 0.6 is 0 Å². The van der Waals surface area contributed by atoms with Crippen LogP contribution in [0, 0.1) is 27.7 Å². The van der Waals surface area contributed by atoms with Crippen LogP contribution in [0.4, 0.5) is 0 Å². The van der Waals surface area contributed by atoms with Crippen LogP contribution in [-0.4, -0.2) is 103 Å². The van der Waals surface area contributed by atoms with Crippen molar-refractivity contribution in [2.24, 2.45) is 0 Å². The molecule has 4 aromatic rings. The van der Waals surface area contributed by atoms with E-state index < -0.39 is 46.1 Å². The molecule has 58 heavy (non-hydrogen) atoms. The molecule has 316 valence electrons. The Morgan fingerprint density at radius 3 is 1.09 bits per heavy atom. The van der Waals surface area contributed by atoms with Gasteiger partial charge in [0.15, 0.2) is 0 Å². The van der Waals surface area contributed by atoms with Crippen LogP contribution in [0.25, 0.3) is 0 Å². The van der Waals surface area contributed by atoms with Crippen LogP contribution in [0.5, 0.6) is 0 Å². The molecule has 4 aromatic carbocycles. The first kappa shape index (κ1) is 45.6. The smallest absolute Gasteiger partial charge is 0.207 e. The van der Waals surface area contributed by atoms with E-state index in [1.165, 1.54) is 57.1 Å². The van der Waals surface area contributed by atoms with E-state index in [0.717, 1.165) is 50.1 Å². The van der Waals surface area contributed by atoms with E-state index in [4.69, 9.17) is 0 Å². The molecule has 1 unspecified atom stereocenters. The monoisotopic (exact) mass is 872 g/mol. The summed E-state index contributed by atoms with van der Waals surface area (Å²) < 4.78 is 121. The summed E-state index contributed by atoms with van der Waals surface area (Å²) >= 11 is 0. The van der Waals surface area contributed by atoms with Crippen LogP contribution < -0.4 is 0 Å². The highest BCUT2D eigenvalue weighted by atomic mass is 32.2. The standard InChI is InChI=1S/C42H56N4O8S4/c1-6-7-8-9-10-38-33-45(57(51,52)41-23-15-36(4)16-24-41)30-29-43(55(47,48)39-19-11-34(2)12-20-39)27-28-44(56(49,50)40-21-13-35(3)14-22-40)31-32-46(38)58(53,54)42-25-17-37(5)18-26-42/h11-26,38H,6-10,27-33H2,1-5H3. The van der Waals surface area contributed by atoms with Gasteiger partial charge < -0.3 is 0 Å². The molecule has 1 heterocycles. The Bertz CT molecular complexity index is 2430. The third kappa shape index (κ3) is 10.8. The molecule has 0 radical (unpaired) electrons. The first-order valence-corrected chi connectivity index (χ1v) is 25.4. The minimum atomic E-state index is -4.33. The third-order valence-electron chi connectivity index (χ3n) is 10.6. The van der Waals surface area contributed by atoms with Gasteiger partial charge in [-0.25, -0.2) is 33.7 Å². The quantitative estimate of drug-likeness (QED) is 0.142. The van der Waals surface area contributed by atoms with E-state index in [2.05, 4.69) is 6.92 Å². The van der Waals surface area contributed by atoms with Crippen molar-refractivity contribution < 1.29 is 33.7 Å². The zero-order valence-corrected chi connectivity index (χ0v) is 37.3. The van der Waals surface area contributed by atoms with Crippen LogP contribution in [0.1, 0.15) is 61.3 Å². The number of aryl methyl sites for hydroxylation is 4. The second kappa shape index (κ2) is 19.3. The molecular weight excluding hydrogens is 817 g/mol. The molecule has 1 saturated heterocycles. The summed E-state index contributed by atoms with van der Waals surface area (Å²) in [5.74, 6) is 0. The van der Waals surface area contributed by atoms with Gasteiger partial charge in [0.1, 0.15) is 0 Å². The minimum Gasteiger partial charge on any atom is -0.207 e. The third-order valence-corrected chi connectivity index (χ3v) is 18.3. The Hall–Kier alpha value is -3.48. The van der Waals surface area contributed by atoms with Gasteiger partial charge >= 0.3 is 0 Å². The summed E-state index contributed by atoms with van der Waals surface area (Å²) in [7, 11) is -17.2. The van der Waals surface area contributed by atoms with Gasteiger partial charge in [0.2, 0.25) is 40.1 Å². The fraction of sp³-hybridized carbons (Fsp3) is 0.429. The maximum Gasteiger partial charge on any atom is 0.243 e. The van der Waals surface area contributed by atoms with Gasteiger partial charge in [-0.3, -0.25) is 0 Å². The molecule has 0 aliphatic carbocycles. The van der Waals surface area contributed by atoms with Crippen molar-refractivity contribution in [1.29, 1.82) is 0 Å².